The van der Waals surface area contributed by atoms with Gasteiger partial charge in [0.2, 0.25) is 0 Å². The summed E-state index contributed by atoms with van der Waals surface area (Å²) in [6.45, 7) is 1.19. The molecular weight excluding hydrogens is 305 g/mol. The van der Waals surface area contributed by atoms with Gasteiger partial charge in [0, 0.05) is 27.3 Å². The van der Waals surface area contributed by atoms with Crippen LogP contribution in [0.1, 0.15) is 0 Å². The molecule has 0 radical (unpaired) electrons. The first-order chi connectivity index (χ1) is 9.13. The van der Waals surface area contributed by atoms with E-state index >= 15 is 0 Å². The fourth-order valence-corrected chi connectivity index (χ4v) is 2.18. The van der Waals surface area contributed by atoms with Gasteiger partial charge in [0.05, 0.1) is 0 Å². The molecule has 0 saturated carbocycles. The smallest absolute Gasteiger partial charge is 0.122 e. The van der Waals surface area contributed by atoms with Crippen molar-refractivity contribution >= 4 is 40.5 Å². The molecule has 0 aliphatic carbocycles. The summed E-state index contributed by atoms with van der Waals surface area (Å²) in [5.41, 5.74) is 0.997. The van der Waals surface area contributed by atoms with Crippen molar-refractivity contribution in [2.45, 2.75) is 0 Å². The summed E-state index contributed by atoms with van der Waals surface area (Å²) >= 11 is 17.6. The normalized spacial score (nSPS) is 10.3. The summed E-state index contributed by atoms with van der Waals surface area (Å²) in [5, 5.41) is 5.07. The van der Waals surface area contributed by atoms with E-state index in [0.717, 1.165) is 10.7 Å². The van der Waals surface area contributed by atoms with Crippen LogP contribution >= 0.6 is 34.8 Å². The summed E-state index contributed by atoms with van der Waals surface area (Å²) in [4.78, 5) is 0. The van der Waals surface area contributed by atoms with Crippen molar-refractivity contribution in [2.75, 3.05) is 18.5 Å². The molecule has 0 saturated heterocycles. The molecule has 0 unspecified atom stereocenters. The number of halogens is 3. The van der Waals surface area contributed by atoms with E-state index in [9.17, 15) is 0 Å². The average molecular weight is 317 g/mol. The summed E-state index contributed by atoms with van der Waals surface area (Å²) in [6.07, 6.45) is 0. The average Bonchev–Trinajstić information content (AvgIpc) is 2.36. The van der Waals surface area contributed by atoms with E-state index < -0.39 is 0 Å². The maximum Gasteiger partial charge on any atom is 0.122 e. The lowest BCUT2D eigenvalue weighted by molar-refractivity contribution is 0.333. The van der Waals surface area contributed by atoms with Crippen LogP contribution in [0.4, 0.5) is 5.69 Å². The van der Waals surface area contributed by atoms with Crippen LogP contribution in [-0.2, 0) is 0 Å². The van der Waals surface area contributed by atoms with E-state index in [0.29, 0.717) is 28.9 Å². The van der Waals surface area contributed by atoms with Gasteiger partial charge in [-0.1, -0.05) is 34.8 Å². The third kappa shape index (κ3) is 4.83. The Morgan fingerprint density at radius 2 is 1.47 bits per heavy atom. The van der Waals surface area contributed by atoms with Crippen molar-refractivity contribution in [2.24, 2.45) is 0 Å². The summed E-state index contributed by atoms with van der Waals surface area (Å²) in [6, 6.07) is 12.6. The Labute approximate surface area is 127 Å². The molecule has 0 fully saturated rings. The van der Waals surface area contributed by atoms with E-state index in [-0.39, 0.29) is 0 Å². The third-order valence-corrected chi connectivity index (χ3v) is 3.07. The number of nitrogens with one attached hydrogen (secondary N) is 1. The Morgan fingerprint density at radius 1 is 0.842 bits per heavy atom. The van der Waals surface area contributed by atoms with Gasteiger partial charge >= 0.3 is 0 Å². The Balaban J connectivity index is 1.79. The lowest BCUT2D eigenvalue weighted by Crippen LogP contribution is -2.11. The van der Waals surface area contributed by atoms with Crippen molar-refractivity contribution in [3.05, 3.63) is 57.5 Å². The van der Waals surface area contributed by atoms with Crippen molar-refractivity contribution in [3.8, 4) is 5.75 Å². The molecule has 2 rings (SSSR count). The predicted molar refractivity (Wildman–Crippen MR) is 81.9 cm³/mol. The number of hydrogen-bond donors (Lipinski definition) is 1. The second-order valence-electron chi connectivity index (χ2n) is 3.89. The van der Waals surface area contributed by atoms with Gasteiger partial charge in [-0.05, 0) is 42.5 Å². The number of ether oxygens (including phenoxy) is 1. The molecule has 0 atom stereocenters. The first kappa shape index (κ1) is 14.3. The van der Waals surface area contributed by atoms with Crippen LogP contribution < -0.4 is 10.1 Å². The van der Waals surface area contributed by atoms with Crippen LogP contribution in [0.3, 0.4) is 0 Å². The van der Waals surface area contributed by atoms with Crippen LogP contribution in [0.15, 0.2) is 42.5 Å². The highest BCUT2D eigenvalue weighted by molar-refractivity contribution is 6.34. The van der Waals surface area contributed by atoms with E-state index in [1.165, 1.54) is 0 Å². The molecule has 2 nitrogen and oxygen atoms in total. The van der Waals surface area contributed by atoms with Crippen molar-refractivity contribution in [3.63, 3.8) is 0 Å². The highest BCUT2D eigenvalue weighted by Gasteiger charge is 1.99. The topological polar surface area (TPSA) is 21.3 Å². The highest BCUT2D eigenvalue weighted by Crippen LogP contribution is 2.24. The minimum atomic E-state index is 0.513. The van der Waals surface area contributed by atoms with E-state index in [1.54, 1.807) is 18.2 Å². The van der Waals surface area contributed by atoms with E-state index in [4.69, 9.17) is 39.5 Å². The van der Waals surface area contributed by atoms with Gasteiger partial charge in [-0.15, -0.1) is 0 Å². The number of benzene rings is 2. The molecule has 0 amide bonds. The predicted octanol–water partition coefficient (Wildman–Crippen LogP) is 5.14. The van der Waals surface area contributed by atoms with Crippen LogP contribution in [0.2, 0.25) is 15.1 Å². The van der Waals surface area contributed by atoms with E-state index in [1.807, 2.05) is 24.3 Å². The Morgan fingerprint density at radius 3 is 2.11 bits per heavy atom. The molecule has 5 heteroatoms. The van der Waals surface area contributed by atoms with Gasteiger partial charge in [0.25, 0.3) is 0 Å². The first-order valence-corrected chi connectivity index (χ1v) is 6.85. The number of anilines is 1. The molecule has 2 aromatic carbocycles. The lowest BCUT2D eigenvalue weighted by Gasteiger charge is -2.09. The third-order valence-electron chi connectivity index (χ3n) is 2.38. The lowest BCUT2D eigenvalue weighted by atomic mass is 10.3. The van der Waals surface area contributed by atoms with Crippen LogP contribution in [0.5, 0.6) is 5.75 Å². The van der Waals surface area contributed by atoms with Crippen LogP contribution in [-0.4, -0.2) is 13.2 Å². The molecular formula is C14H12Cl3NO. The molecule has 0 aromatic heterocycles. The molecule has 100 valence electrons. The molecule has 0 bridgehead atoms. The second-order valence-corrected chi connectivity index (χ2v) is 5.20. The Hall–Kier alpha value is -1.09. The largest absolute Gasteiger partial charge is 0.492 e. The van der Waals surface area contributed by atoms with E-state index in [2.05, 4.69) is 5.32 Å². The summed E-state index contributed by atoms with van der Waals surface area (Å²) < 4.78 is 5.56. The van der Waals surface area contributed by atoms with Gasteiger partial charge in [-0.25, -0.2) is 0 Å². The molecule has 0 spiro atoms. The van der Waals surface area contributed by atoms with Gasteiger partial charge in [-0.2, -0.15) is 0 Å². The maximum atomic E-state index is 5.88. The molecule has 0 aliphatic heterocycles. The Kier molecular flexibility index (Phi) is 5.20. The van der Waals surface area contributed by atoms with Gasteiger partial charge in [-0.3, -0.25) is 0 Å². The fourth-order valence-electron chi connectivity index (χ4n) is 1.54. The zero-order valence-corrected chi connectivity index (χ0v) is 12.3. The monoisotopic (exact) mass is 315 g/mol. The zero-order valence-electron chi connectivity index (χ0n) is 10.00. The molecule has 0 aliphatic rings. The Bertz CT molecular complexity index is 523. The molecule has 1 N–H and O–H groups in total. The SMILES string of the molecule is Clc1ccc(NCCOc2cc(Cl)cc(Cl)c2)cc1. The van der Waals surface area contributed by atoms with Crippen LogP contribution in [0, 0.1) is 0 Å². The second kappa shape index (κ2) is 6.90. The van der Waals surface area contributed by atoms with Gasteiger partial charge < -0.3 is 10.1 Å². The fraction of sp³-hybridized carbons (Fsp3) is 0.143. The van der Waals surface area contributed by atoms with Crippen molar-refractivity contribution in [1.29, 1.82) is 0 Å². The molecule has 0 heterocycles. The zero-order chi connectivity index (χ0) is 13.7. The number of rotatable bonds is 5. The standard InChI is InChI=1S/C14H12Cl3NO/c15-10-1-3-13(4-2-10)18-5-6-19-14-8-11(16)7-12(17)9-14/h1-4,7-9,18H,5-6H2. The van der Waals surface area contributed by atoms with Gasteiger partial charge in [0.15, 0.2) is 0 Å². The van der Waals surface area contributed by atoms with Gasteiger partial charge in [0.1, 0.15) is 12.4 Å². The number of hydrogen-bond acceptors (Lipinski definition) is 2. The quantitative estimate of drug-likeness (QED) is 0.771. The maximum absolute atomic E-state index is 5.88. The minimum Gasteiger partial charge on any atom is -0.492 e. The summed E-state index contributed by atoms with van der Waals surface area (Å²) in [7, 11) is 0. The molecule has 2 aromatic rings. The minimum absolute atomic E-state index is 0.513. The summed E-state index contributed by atoms with van der Waals surface area (Å²) in [5.74, 6) is 0.662. The highest BCUT2D eigenvalue weighted by atomic mass is 35.5. The molecule has 19 heavy (non-hydrogen) atoms. The van der Waals surface area contributed by atoms with Crippen molar-refractivity contribution in [1.82, 2.24) is 0 Å². The van der Waals surface area contributed by atoms with Crippen molar-refractivity contribution < 1.29 is 4.74 Å². The van der Waals surface area contributed by atoms with Crippen LogP contribution in [0.25, 0.3) is 0 Å². The first-order valence-electron chi connectivity index (χ1n) is 5.72.